The van der Waals surface area contributed by atoms with Crippen molar-refractivity contribution >= 4 is 18.1 Å². The Kier molecular flexibility index (Phi) is 7.83. The smallest absolute Gasteiger partial charge is 0.346 e. The first kappa shape index (κ1) is 24.3. The molecule has 4 aromatic rings. The lowest BCUT2D eigenvalue weighted by Gasteiger charge is -2.13. The number of esters is 1. The molecule has 0 aliphatic carbocycles. The second kappa shape index (κ2) is 11.6. The first-order valence-electron chi connectivity index (χ1n) is 11.2. The van der Waals surface area contributed by atoms with Crippen LogP contribution in [0, 0.1) is 5.82 Å². The Morgan fingerprint density at radius 1 is 0.806 bits per heavy atom. The lowest BCUT2D eigenvalue weighted by molar-refractivity contribution is -0.127. The molecule has 36 heavy (non-hydrogen) atoms. The van der Waals surface area contributed by atoms with Crippen LogP contribution in [0.25, 0.3) is 11.1 Å². The average molecular weight is 483 g/mol. The topological polar surface area (TPSA) is 77.0 Å². The Bertz CT molecular complexity index is 1350. The maximum Gasteiger partial charge on any atom is 0.346 e. The molecule has 4 aromatic carbocycles. The first-order chi connectivity index (χ1) is 17.5. The molecule has 0 spiro atoms. The first-order valence-corrected chi connectivity index (χ1v) is 11.2. The van der Waals surface area contributed by atoms with Gasteiger partial charge in [-0.3, -0.25) is 4.79 Å². The van der Waals surface area contributed by atoms with E-state index < -0.39 is 23.8 Å². The number of hydrogen-bond donors (Lipinski definition) is 1. The molecule has 0 saturated carbocycles. The van der Waals surface area contributed by atoms with Crippen LogP contribution in [-0.4, -0.2) is 24.2 Å². The second-order valence-electron chi connectivity index (χ2n) is 7.82. The summed E-state index contributed by atoms with van der Waals surface area (Å²) in [6.07, 6.45) is 0.687. The maximum atomic E-state index is 13.7. The molecule has 0 fully saturated rings. The van der Waals surface area contributed by atoms with Gasteiger partial charge in [0.1, 0.15) is 17.3 Å². The van der Waals surface area contributed by atoms with E-state index in [2.05, 4.69) is 10.5 Å². The van der Waals surface area contributed by atoms with Crippen LogP contribution in [0.4, 0.5) is 4.39 Å². The fraction of sp³-hybridized carbons (Fsp3) is 0.0690. The van der Waals surface area contributed by atoms with Crippen LogP contribution in [0.1, 0.15) is 22.8 Å². The molecule has 0 radical (unpaired) electrons. The number of carbonyl (C=O) groups is 2. The number of nitrogens with one attached hydrogen (secondary N) is 1. The molecule has 0 aromatic heterocycles. The highest BCUT2D eigenvalue weighted by Crippen LogP contribution is 2.22. The summed E-state index contributed by atoms with van der Waals surface area (Å²) in [5.74, 6) is -1.02. The molecular weight excluding hydrogens is 459 g/mol. The van der Waals surface area contributed by atoms with Gasteiger partial charge in [-0.15, -0.1) is 0 Å². The summed E-state index contributed by atoms with van der Waals surface area (Å²) in [7, 11) is 0. The van der Waals surface area contributed by atoms with Crippen molar-refractivity contribution in [3.05, 3.63) is 120 Å². The predicted octanol–water partition coefficient (Wildman–Crippen LogP) is 5.63. The van der Waals surface area contributed by atoms with E-state index in [-0.39, 0.29) is 11.3 Å². The van der Waals surface area contributed by atoms with E-state index in [0.717, 1.165) is 11.1 Å². The Labute approximate surface area is 208 Å². The third-order valence-electron chi connectivity index (χ3n) is 5.22. The molecule has 1 amide bonds. The Hall–Kier alpha value is -4.78. The van der Waals surface area contributed by atoms with Crippen LogP contribution >= 0.6 is 0 Å². The number of nitrogens with zero attached hydrogens (tertiary/aromatic N) is 1. The number of carbonyl (C=O) groups excluding carboxylic acids is 2. The van der Waals surface area contributed by atoms with Crippen molar-refractivity contribution in [3.8, 4) is 22.6 Å². The summed E-state index contributed by atoms with van der Waals surface area (Å²) in [4.78, 5) is 24.4. The zero-order valence-corrected chi connectivity index (χ0v) is 19.4. The highest BCUT2D eigenvalue weighted by molar-refractivity contribution is 5.91. The molecule has 4 rings (SSSR count). The third-order valence-corrected chi connectivity index (χ3v) is 5.22. The summed E-state index contributed by atoms with van der Waals surface area (Å²) < 4.78 is 24.6. The van der Waals surface area contributed by atoms with Crippen LogP contribution in [-0.2, 0) is 4.79 Å². The van der Waals surface area contributed by atoms with E-state index >= 15 is 0 Å². The zero-order chi connectivity index (χ0) is 25.3. The molecule has 0 bridgehead atoms. The monoisotopic (exact) mass is 482 g/mol. The molecule has 0 heterocycles. The summed E-state index contributed by atoms with van der Waals surface area (Å²) in [6.45, 7) is 1.63. The number of rotatable bonds is 8. The molecule has 0 saturated heterocycles. The van der Waals surface area contributed by atoms with Crippen molar-refractivity contribution in [1.29, 1.82) is 0 Å². The number of hydrazone groups is 1. The molecule has 0 aliphatic heterocycles. The molecule has 1 atom stereocenters. The van der Waals surface area contributed by atoms with Gasteiger partial charge in [0, 0.05) is 0 Å². The van der Waals surface area contributed by atoms with E-state index in [4.69, 9.17) is 9.47 Å². The molecule has 1 N–H and O–H groups in total. The number of ether oxygens (including phenoxy) is 2. The Balaban J connectivity index is 1.26. The SMILES string of the molecule is C[C@@H](Oc1ccc(-c2ccccc2)cc1)C(=O)N/N=C\c1ccc(OC(=O)c2ccccc2F)cc1. The van der Waals surface area contributed by atoms with Gasteiger partial charge in [-0.05, 0) is 72.1 Å². The number of benzene rings is 4. The summed E-state index contributed by atoms with van der Waals surface area (Å²) in [5, 5.41) is 3.95. The largest absolute Gasteiger partial charge is 0.481 e. The van der Waals surface area contributed by atoms with Crippen LogP contribution < -0.4 is 14.9 Å². The fourth-order valence-electron chi connectivity index (χ4n) is 3.29. The van der Waals surface area contributed by atoms with Crippen LogP contribution in [0.2, 0.25) is 0 Å². The van der Waals surface area contributed by atoms with Crippen molar-refractivity contribution in [2.45, 2.75) is 13.0 Å². The quantitative estimate of drug-likeness (QED) is 0.153. The van der Waals surface area contributed by atoms with Gasteiger partial charge in [-0.2, -0.15) is 5.10 Å². The van der Waals surface area contributed by atoms with Crippen molar-refractivity contribution in [2.75, 3.05) is 0 Å². The van der Waals surface area contributed by atoms with E-state index in [0.29, 0.717) is 11.3 Å². The van der Waals surface area contributed by atoms with Crippen LogP contribution in [0.5, 0.6) is 11.5 Å². The van der Waals surface area contributed by atoms with Crippen LogP contribution in [0.15, 0.2) is 108 Å². The van der Waals surface area contributed by atoms with Gasteiger partial charge in [0.15, 0.2) is 6.10 Å². The normalized spacial score (nSPS) is 11.6. The van der Waals surface area contributed by atoms with Gasteiger partial charge < -0.3 is 9.47 Å². The highest BCUT2D eigenvalue weighted by atomic mass is 19.1. The number of hydrogen-bond acceptors (Lipinski definition) is 5. The van der Waals surface area contributed by atoms with Crippen molar-refractivity contribution in [3.63, 3.8) is 0 Å². The standard InChI is InChI=1S/C29H23FN2O4/c1-20(35-24-17-13-23(14-18-24)22-7-3-2-4-8-22)28(33)32-31-19-21-11-15-25(16-12-21)36-29(34)26-9-5-6-10-27(26)30/h2-20H,1H3,(H,32,33)/b31-19-/t20-/m1/s1. The molecule has 180 valence electrons. The van der Waals surface area contributed by atoms with Crippen LogP contribution in [0.3, 0.4) is 0 Å². The van der Waals surface area contributed by atoms with E-state index in [9.17, 15) is 14.0 Å². The third kappa shape index (κ3) is 6.42. The van der Waals surface area contributed by atoms with Crippen molar-refractivity contribution in [2.24, 2.45) is 5.10 Å². The molecule has 0 aliphatic rings. The molecular formula is C29H23FN2O4. The molecule has 0 unspecified atom stereocenters. The van der Waals surface area contributed by atoms with Gasteiger partial charge >= 0.3 is 5.97 Å². The Morgan fingerprint density at radius 2 is 1.42 bits per heavy atom. The van der Waals surface area contributed by atoms with Gasteiger partial charge in [0.05, 0.1) is 11.8 Å². The zero-order valence-electron chi connectivity index (χ0n) is 19.4. The maximum absolute atomic E-state index is 13.7. The summed E-state index contributed by atoms with van der Waals surface area (Å²) in [5.41, 5.74) is 5.11. The second-order valence-corrected chi connectivity index (χ2v) is 7.82. The lowest BCUT2D eigenvalue weighted by atomic mass is 10.1. The summed E-state index contributed by atoms with van der Waals surface area (Å²) >= 11 is 0. The minimum absolute atomic E-state index is 0.144. The van der Waals surface area contributed by atoms with Crippen molar-refractivity contribution in [1.82, 2.24) is 5.43 Å². The fourth-order valence-corrected chi connectivity index (χ4v) is 3.29. The van der Waals surface area contributed by atoms with Gasteiger partial charge in [-0.1, -0.05) is 54.6 Å². The molecule has 7 heteroatoms. The number of amides is 1. The van der Waals surface area contributed by atoms with Gasteiger partial charge in [0.25, 0.3) is 5.91 Å². The lowest BCUT2D eigenvalue weighted by Crippen LogP contribution is -2.33. The molecule has 6 nitrogen and oxygen atoms in total. The van der Waals surface area contributed by atoms with Gasteiger partial charge in [0.2, 0.25) is 0 Å². The van der Waals surface area contributed by atoms with E-state index in [1.54, 1.807) is 37.3 Å². The highest BCUT2D eigenvalue weighted by Gasteiger charge is 2.15. The van der Waals surface area contributed by atoms with E-state index in [1.165, 1.54) is 24.4 Å². The van der Waals surface area contributed by atoms with Gasteiger partial charge in [-0.25, -0.2) is 14.6 Å². The van der Waals surface area contributed by atoms with E-state index in [1.807, 2.05) is 54.6 Å². The minimum Gasteiger partial charge on any atom is -0.481 e. The minimum atomic E-state index is -0.787. The summed E-state index contributed by atoms with van der Waals surface area (Å²) in [6, 6.07) is 29.5. The number of halogens is 1. The van der Waals surface area contributed by atoms with Crippen molar-refractivity contribution < 1.29 is 23.5 Å². The predicted molar refractivity (Wildman–Crippen MR) is 136 cm³/mol. The Morgan fingerprint density at radius 3 is 2.11 bits per heavy atom. The average Bonchev–Trinajstić information content (AvgIpc) is 2.90.